The molecule has 4 rings (SSSR count). The van der Waals surface area contributed by atoms with Crippen molar-refractivity contribution in [3.05, 3.63) is 52.7 Å². The Morgan fingerprint density at radius 3 is 2.33 bits per heavy atom. The Kier molecular flexibility index (Phi) is 5.63. The number of rotatable bonds is 5. The van der Waals surface area contributed by atoms with E-state index in [0.717, 1.165) is 0 Å². The van der Waals surface area contributed by atoms with Crippen molar-refractivity contribution in [1.82, 2.24) is 0 Å². The van der Waals surface area contributed by atoms with Gasteiger partial charge in [0.15, 0.2) is 5.75 Å². The minimum atomic E-state index is -3.81. The molecule has 0 amide bonds. The molecule has 11 heteroatoms. The lowest BCUT2D eigenvalue weighted by atomic mass is 9.74. The highest BCUT2D eigenvalue weighted by Crippen LogP contribution is 2.53. The summed E-state index contributed by atoms with van der Waals surface area (Å²) >= 11 is 6.38. The van der Waals surface area contributed by atoms with Crippen LogP contribution in [-0.4, -0.2) is 39.8 Å². The topological polar surface area (TPSA) is 134 Å². The molecule has 2 aliphatic rings. The van der Waals surface area contributed by atoms with E-state index in [1.807, 2.05) is 0 Å². The molecule has 0 radical (unpaired) electrons. The first-order valence-corrected chi connectivity index (χ1v) is 11.8. The SMILES string of the molecule is COc1cc(OC)c2c(c1Cl)O[C@@]1(C(=O)C=C(Nc3ccc(S(N)(=O)=O)cc3)C[C@H]1C)C2=O. The van der Waals surface area contributed by atoms with E-state index in [-0.39, 0.29) is 32.7 Å². The maximum absolute atomic E-state index is 13.5. The number of halogens is 1. The molecule has 174 valence electrons. The van der Waals surface area contributed by atoms with Crippen LogP contribution in [0.25, 0.3) is 0 Å². The van der Waals surface area contributed by atoms with Crippen LogP contribution in [0.15, 0.2) is 47.0 Å². The molecule has 2 aromatic carbocycles. The van der Waals surface area contributed by atoms with Gasteiger partial charge < -0.3 is 19.5 Å². The predicted molar refractivity (Wildman–Crippen MR) is 121 cm³/mol. The Labute approximate surface area is 195 Å². The maximum atomic E-state index is 13.5. The summed E-state index contributed by atoms with van der Waals surface area (Å²) in [5, 5.41) is 8.28. The number of fused-ring (bicyclic) bond motifs is 1. The number of ether oxygens (including phenoxy) is 3. The summed E-state index contributed by atoms with van der Waals surface area (Å²) < 4.78 is 39.4. The highest BCUT2D eigenvalue weighted by atomic mass is 35.5. The molecule has 3 N–H and O–H groups in total. The van der Waals surface area contributed by atoms with Crippen LogP contribution in [0.1, 0.15) is 23.7 Å². The average molecular weight is 493 g/mol. The summed E-state index contributed by atoms with van der Waals surface area (Å²) in [6, 6.07) is 7.26. The van der Waals surface area contributed by atoms with Crippen molar-refractivity contribution in [2.45, 2.75) is 23.8 Å². The van der Waals surface area contributed by atoms with E-state index in [1.54, 1.807) is 6.92 Å². The van der Waals surface area contributed by atoms with Crippen LogP contribution in [-0.2, 0) is 14.8 Å². The monoisotopic (exact) mass is 492 g/mol. The molecule has 33 heavy (non-hydrogen) atoms. The van der Waals surface area contributed by atoms with Gasteiger partial charge in [-0.1, -0.05) is 18.5 Å². The molecule has 1 aliphatic heterocycles. The molecule has 2 aromatic rings. The van der Waals surface area contributed by atoms with Gasteiger partial charge in [0.05, 0.1) is 19.1 Å². The van der Waals surface area contributed by atoms with Crippen LogP contribution in [0.2, 0.25) is 5.02 Å². The number of Topliss-reactive ketones (excluding diaryl/α,β-unsaturated/α-hetero) is 1. The summed E-state index contributed by atoms with van der Waals surface area (Å²) in [5.74, 6) is -1.09. The van der Waals surface area contributed by atoms with E-state index >= 15 is 0 Å². The van der Waals surface area contributed by atoms with Crippen LogP contribution in [0.5, 0.6) is 17.2 Å². The third-order valence-corrected chi connectivity index (χ3v) is 7.08. The number of hydrogen-bond acceptors (Lipinski definition) is 8. The van der Waals surface area contributed by atoms with Crippen molar-refractivity contribution in [2.75, 3.05) is 19.5 Å². The van der Waals surface area contributed by atoms with Gasteiger partial charge in [0.1, 0.15) is 22.1 Å². The number of allylic oxidation sites excluding steroid dienone is 1. The number of nitrogens with one attached hydrogen (secondary N) is 1. The molecule has 2 atom stereocenters. The Balaban J connectivity index is 1.67. The van der Waals surface area contributed by atoms with Gasteiger partial charge in [0.25, 0.3) is 0 Å². The molecule has 9 nitrogen and oxygen atoms in total. The Morgan fingerprint density at radius 2 is 1.79 bits per heavy atom. The molecule has 0 aromatic heterocycles. The normalized spacial score (nSPS) is 22.0. The summed E-state index contributed by atoms with van der Waals surface area (Å²) in [6.07, 6.45) is 1.62. The predicted octanol–water partition coefficient (Wildman–Crippen LogP) is 2.92. The fourth-order valence-electron chi connectivity index (χ4n) is 4.13. The van der Waals surface area contributed by atoms with Gasteiger partial charge in [-0.2, -0.15) is 0 Å². The minimum Gasteiger partial charge on any atom is -0.496 e. The number of hydrogen-bond donors (Lipinski definition) is 2. The van der Waals surface area contributed by atoms with E-state index < -0.39 is 33.1 Å². The van der Waals surface area contributed by atoms with Crippen molar-refractivity contribution in [1.29, 1.82) is 0 Å². The second-order valence-electron chi connectivity index (χ2n) is 7.80. The highest BCUT2D eigenvalue weighted by Gasteiger charge is 2.60. The fraction of sp³-hybridized carbons (Fsp3) is 0.273. The van der Waals surface area contributed by atoms with Crippen LogP contribution in [0, 0.1) is 5.92 Å². The maximum Gasteiger partial charge on any atom is 0.238 e. The summed E-state index contributed by atoms with van der Waals surface area (Å²) in [4.78, 5) is 26.7. The first-order chi connectivity index (χ1) is 15.5. The molecule has 0 unspecified atom stereocenters. The number of methoxy groups -OCH3 is 2. The van der Waals surface area contributed by atoms with Gasteiger partial charge in [-0.3, -0.25) is 9.59 Å². The fourth-order valence-corrected chi connectivity index (χ4v) is 4.91. The quantitative estimate of drug-likeness (QED) is 0.608. The number of nitrogens with two attached hydrogens (primary N) is 1. The third-order valence-electron chi connectivity index (χ3n) is 5.80. The molecular formula is C22H21ClN2O7S. The van der Waals surface area contributed by atoms with Gasteiger partial charge >= 0.3 is 0 Å². The lowest BCUT2D eigenvalue weighted by Gasteiger charge is -2.35. The van der Waals surface area contributed by atoms with E-state index in [4.69, 9.17) is 31.0 Å². The number of ketones is 2. The molecule has 1 heterocycles. The number of carbonyl (C=O) groups excluding carboxylic acids is 2. The van der Waals surface area contributed by atoms with Crippen molar-refractivity contribution >= 4 is 38.9 Å². The van der Waals surface area contributed by atoms with E-state index in [0.29, 0.717) is 17.8 Å². The molecule has 0 saturated heterocycles. The third kappa shape index (κ3) is 3.64. The summed E-state index contributed by atoms with van der Waals surface area (Å²) in [7, 11) is -0.993. The lowest BCUT2D eigenvalue weighted by molar-refractivity contribution is -0.129. The standard InChI is InChI=1S/C22H21ClN2O7S/c1-11-8-13(25-12-4-6-14(7-5-12)33(24,28)29)9-17(26)22(11)21(27)18-15(30-2)10-16(31-3)19(23)20(18)32-22/h4-7,9-11,25H,8H2,1-3H3,(H2,24,28,29)/t11-,22+/m1/s1. The number of primary sulfonamides is 1. The van der Waals surface area contributed by atoms with Crippen LogP contribution in [0.3, 0.4) is 0 Å². The van der Waals surface area contributed by atoms with E-state index in [1.165, 1.54) is 50.6 Å². The lowest BCUT2D eigenvalue weighted by Crippen LogP contribution is -2.55. The van der Waals surface area contributed by atoms with Crippen LogP contribution in [0.4, 0.5) is 5.69 Å². The Bertz CT molecular complexity index is 1310. The summed E-state index contributed by atoms with van der Waals surface area (Å²) in [5.41, 5.74) is -0.564. The van der Waals surface area contributed by atoms with E-state index in [2.05, 4.69) is 5.32 Å². The highest BCUT2D eigenvalue weighted by molar-refractivity contribution is 7.89. The van der Waals surface area contributed by atoms with Crippen molar-refractivity contribution in [2.24, 2.45) is 11.1 Å². The molecule has 1 spiro atoms. The van der Waals surface area contributed by atoms with Gasteiger partial charge in [0, 0.05) is 29.4 Å². The molecule has 1 aliphatic carbocycles. The first-order valence-electron chi connectivity index (χ1n) is 9.86. The number of carbonyl (C=O) groups is 2. The first kappa shape index (κ1) is 23.1. The smallest absolute Gasteiger partial charge is 0.238 e. The van der Waals surface area contributed by atoms with Gasteiger partial charge in [-0.15, -0.1) is 0 Å². The van der Waals surface area contributed by atoms with Crippen LogP contribution < -0.4 is 24.7 Å². The minimum absolute atomic E-state index is 0.0296. The zero-order chi connectivity index (χ0) is 24.1. The zero-order valence-electron chi connectivity index (χ0n) is 18.0. The number of benzene rings is 2. The van der Waals surface area contributed by atoms with Gasteiger partial charge in [-0.25, -0.2) is 13.6 Å². The second kappa shape index (κ2) is 8.05. The molecule has 0 bridgehead atoms. The van der Waals surface area contributed by atoms with Crippen molar-refractivity contribution in [3.63, 3.8) is 0 Å². The largest absolute Gasteiger partial charge is 0.496 e. The van der Waals surface area contributed by atoms with Crippen molar-refractivity contribution < 1.29 is 32.2 Å². The zero-order valence-corrected chi connectivity index (χ0v) is 19.5. The van der Waals surface area contributed by atoms with Crippen molar-refractivity contribution in [3.8, 4) is 17.2 Å². The van der Waals surface area contributed by atoms with Gasteiger partial charge in [-0.05, 0) is 30.7 Å². The Hall–Kier alpha value is -3.08. The van der Waals surface area contributed by atoms with Gasteiger partial charge in [0.2, 0.25) is 27.2 Å². The molecular weight excluding hydrogens is 472 g/mol. The van der Waals surface area contributed by atoms with Crippen LogP contribution >= 0.6 is 11.6 Å². The summed E-state index contributed by atoms with van der Waals surface area (Å²) in [6.45, 7) is 1.73. The second-order valence-corrected chi connectivity index (χ2v) is 9.74. The number of anilines is 1. The van der Waals surface area contributed by atoms with E-state index in [9.17, 15) is 18.0 Å². The average Bonchev–Trinajstić information content (AvgIpc) is 3.07. The molecule has 0 fully saturated rings. The number of sulfonamides is 1. The Morgan fingerprint density at radius 1 is 1.15 bits per heavy atom. The molecule has 0 saturated carbocycles.